The van der Waals surface area contributed by atoms with Gasteiger partial charge in [0.05, 0.1) is 0 Å². The van der Waals surface area contributed by atoms with Crippen molar-refractivity contribution in [1.29, 1.82) is 0 Å². The summed E-state index contributed by atoms with van der Waals surface area (Å²) in [6, 6.07) is 19.4. The van der Waals surface area contributed by atoms with E-state index in [1.807, 2.05) is 11.8 Å². The minimum atomic E-state index is 0.649. The summed E-state index contributed by atoms with van der Waals surface area (Å²) in [7, 11) is 2.18. The minimum absolute atomic E-state index is 0.649. The lowest BCUT2D eigenvalue weighted by Gasteiger charge is -2.23. The molecule has 0 aliphatic carbocycles. The molecule has 0 amide bonds. The highest BCUT2D eigenvalue weighted by Gasteiger charge is 2.23. The molecular weight excluding hydrogens is 238 g/mol. The molecule has 1 heterocycles. The van der Waals surface area contributed by atoms with Crippen LogP contribution in [0.1, 0.15) is 11.5 Å². The lowest BCUT2D eigenvalue weighted by atomic mass is 10.0. The zero-order chi connectivity index (χ0) is 12.4. The van der Waals surface area contributed by atoms with Gasteiger partial charge in [0.15, 0.2) is 0 Å². The summed E-state index contributed by atoms with van der Waals surface area (Å²) in [6.07, 6.45) is 0. The lowest BCUT2D eigenvalue weighted by Crippen LogP contribution is -2.24. The zero-order valence-electron chi connectivity index (χ0n) is 10.5. The molecule has 1 aliphatic rings. The molecule has 0 N–H and O–H groups in total. The highest BCUT2D eigenvalue weighted by molar-refractivity contribution is 7.99. The van der Waals surface area contributed by atoms with Crippen LogP contribution in [0, 0.1) is 0 Å². The Morgan fingerprint density at radius 2 is 1.78 bits per heavy atom. The van der Waals surface area contributed by atoms with Gasteiger partial charge in [-0.25, -0.2) is 0 Å². The van der Waals surface area contributed by atoms with Crippen LogP contribution in [-0.4, -0.2) is 19.3 Å². The Morgan fingerprint density at radius 3 is 2.61 bits per heavy atom. The minimum Gasteiger partial charge on any atom is -0.374 e. The first kappa shape index (κ1) is 11.7. The first-order valence-corrected chi connectivity index (χ1v) is 7.31. The van der Waals surface area contributed by atoms with Crippen LogP contribution in [-0.2, 0) is 0 Å². The molecule has 2 heteroatoms. The van der Waals surface area contributed by atoms with Gasteiger partial charge in [-0.2, -0.15) is 0 Å². The van der Waals surface area contributed by atoms with Crippen LogP contribution in [0.2, 0.25) is 0 Å². The molecule has 92 valence electrons. The standard InChI is InChI=1S/C16H17NS/c1-17(14-7-3-2-4-8-14)11-13-12-18-16-10-6-5-9-15(13)16/h2-10,13H,11-12H2,1H3. The number of likely N-dealkylation sites (N-methyl/N-ethyl adjacent to an activating group) is 1. The van der Waals surface area contributed by atoms with Gasteiger partial charge >= 0.3 is 0 Å². The lowest BCUT2D eigenvalue weighted by molar-refractivity contribution is 0.745. The third kappa shape index (κ3) is 2.25. The number of para-hydroxylation sites is 1. The summed E-state index contributed by atoms with van der Waals surface area (Å²) in [5, 5.41) is 0. The Labute approximate surface area is 113 Å². The number of benzene rings is 2. The van der Waals surface area contributed by atoms with Crippen LogP contribution >= 0.6 is 11.8 Å². The van der Waals surface area contributed by atoms with Crippen molar-refractivity contribution < 1.29 is 0 Å². The molecule has 1 nitrogen and oxygen atoms in total. The topological polar surface area (TPSA) is 3.24 Å². The van der Waals surface area contributed by atoms with E-state index >= 15 is 0 Å². The largest absolute Gasteiger partial charge is 0.374 e. The Balaban J connectivity index is 1.75. The Kier molecular flexibility index (Phi) is 3.28. The fraction of sp³-hybridized carbons (Fsp3) is 0.250. The summed E-state index contributed by atoms with van der Waals surface area (Å²) in [5.41, 5.74) is 2.82. The number of thioether (sulfide) groups is 1. The average molecular weight is 255 g/mol. The van der Waals surface area contributed by atoms with Crippen molar-refractivity contribution in [1.82, 2.24) is 0 Å². The van der Waals surface area contributed by atoms with E-state index in [1.165, 1.54) is 21.9 Å². The summed E-state index contributed by atoms with van der Waals surface area (Å²) < 4.78 is 0. The molecule has 2 aromatic carbocycles. The van der Waals surface area contributed by atoms with Gasteiger partial charge in [-0.05, 0) is 23.8 Å². The molecule has 1 atom stereocenters. The molecule has 2 aromatic rings. The van der Waals surface area contributed by atoms with E-state index in [-0.39, 0.29) is 0 Å². The maximum absolute atomic E-state index is 2.35. The molecular formula is C16H17NS. The quantitative estimate of drug-likeness (QED) is 0.815. The molecule has 3 rings (SSSR count). The third-order valence-electron chi connectivity index (χ3n) is 3.49. The summed E-state index contributed by atoms with van der Waals surface area (Å²) in [5.74, 6) is 1.85. The second kappa shape index (κ2) is 5.07. The predicted molar refractivity (Wildman–Crippen MR) is 79.6 cm³/mol. The highest BCUT2D eigenvalue weighted by Crippen LogP contribution is 2.39. The number of anilines is 1. The second-order valence-corrected chi connectivity index (χ2v) is 5.82. The van der Waals surface area contributed by atoms with Crippen molar-refractivity contribution in [3.8, 4) is 0 Å². The molecule has 1 unspecified atom stereocenters. The number of rotatable bonds is 3. The first-order valence-electron chi connectivity index (χ1n) is 6.32. The van der Waals surface area contributed by atoms with E-state index in [0.29, 0.717) is 5.92 Å². The van der Waals surface area contributed by atoms with Gasteiger partial charge in [-0.3, -0.25) is 0 Å². The molecule has 0 saturated heterocycles. The van der Waals surface area contributed by atoms with Gasteiger partial charge in [0.25, 0.3) is 0 Å². The molecule has 0 aromatic heterocycles. The zero-order valence-corrected chi connectivity index (χ0v) is 11.4. The number of nitrogens with zero attached hydrogens (tertiary/aromatic N) is 1. The SMILES string of the molecule is CN(CC1CSc2ccccc21)c1ccccc1. The van der Waals surface area contributed by atoms with Crippen molar-refractivity contribution in [3.63, 3.8) is 0 Å². The molecule has 1 aliphatic heterocycles. The maximum Gasteiger partial charge on any atom is 0.0363 e. The van der Waals surface area contributed by atoms with Crippen LogP contribution in [0.15, 0.2) is 59.5 Å². The predicted octanol–water partition coefficient (Wildman–Crippen LogP) is 4.01. The van der Waals surface area contributed by atoms with Crippen molar-refractivity contribution in [2.24, 2.45) is 0 Å². The van der Waals surface area contributed by atoms with Crippen LogP contribution in [0.25, 0.3) is 0 Å². The van der Waals surface area contributed by atoms with Gasteiger partial charge in [0.1, 0.15) is 0 Å². The summed E-state index contributed by atoms with van der Waals surface area (Å²) in [6.45, 7) is 1.09. The molecule has 18 heavy (non-hydrogen) atoms. The van der Waals surface area contributed by atoms with E-state index in [0.717, 1.165) is 6.54 Å². The number of fused-ring (bicyclic) bond motifs is 1. The van der Waals surface area contributed by atoms with E-state index < -0.39 is 0 Å². The molecule has 0 spiro atoms. The van der Waals surface area contributed by atoms with E-state index in [2.05, 4.69) is 66.5 Å². The van der Waals surface area contributed by atoms with Crippen molar-refractivity contribution in [2.45, 2.75) is 10.8 Å². The van der Waals surface area contributed by atoms with Gasteiger partial charge < -0.3 is 4.90 Å². The second-order valence-electron chi connectivity index (χ2n) is 4.76. The van der Waals surface area contributed by atoms with Gasteiger partial charge in [-0.1, -0.05) is 36.4 Å². The summed E-state index contributed by atoms with van der Waals surface area (Å²) in [4.78, 5) is 3.82. The molecule has 0 bridgehead atoms. The van der Waals surface area contributed by atoms with Gasteiger partial charge in [0, 0.05) is 35.8 Å². The van der Waals surface area contributed by atoms with E-state index in [9.17, 15) is 0 Å². The monoisotopic (exact) mass is 255 g/mol. The van der Waals surface area contributed by atoms with Crippen LogP contribution in [0.3, 0.4) is 0 Å². The third-order valence-corrected chi connectivity index (χ3v) is 4.74. The van der Waals surface area contributed by atoms with Crippen LogP contribution in [0.4, 0.5) is 5.69 Å². The fourth-order valence-electron chi connectivity index (χ4n) is 2.50. The smallest absolute Gasteiger partial charge is 0.0363 e. The first-order chi connectivity index (χ1) is 8.84. The molecule has 0 saturated carbocycles. The van der Waals surface area contributed by atoms with Crippen LogP contribution < -0.4 is 4.90 Å². The van der Waals surface area contributed by atoms with Crippen molar-refractivity contribution in [2.75, 3.05) is 24.2 Å². The van der Waals surface area contributed by atoms with Crippen LogP contribution in [0.5, 0.6) is 0 Å². The normalized spacial score (nSPS) is 17.5. The Morgan fingerprint density at radius 1 is 1.06 bits per heavy atom. The Bertz CT molecular complexity index is 524. The van der Waals surface area contributed by atoms with E-state index in [4.69, 9.17) is 0 Å². The fourth-order valence-corrected chi connectivity index (χ4v) is 3.74. The van der Waals surface area contributed by atoms with Gasteiger partial charge in [-0.15, -0.1) is 11.8 Å². The Hall–Kier alpha value is -1.41. The highest BCUT2D eigenvalue weighted by atomic mass is 32.2. The molecule has 0 radical (unpaired) electrons. The number of hydrogen-bond acceptors (Lipinski definition) is 2. The molecule has 0 fully saturated rings. The van der Waals surface area contributed by atoms with Crippen molar-refractivity contribution in [3.05, 3.63) is 60.2 Å². The average Bonchev–Trinajstić information content (AvgIpc) is 2.83. The number of hydrogen-bond donors (Lipinski definition) is 0. The van der Waals surface area contributed by atoms with Gasteiger partial charge in [0.2, 0.25) is 0 Å². The maximum atomic E-state index is 2.35. The summed E-state index contributed by atoms with van der Waals surface area (Å²) >= 11 is 1.99. The van der Waals surface area contributed by atoms with E-state index in [1.54, 1.807) is 0 Å². The van der Waals surface area contributed by atoms with Crippen molar-refractivity contribution >= 4 is 17.4 Å².